The molecule has 6 nitrogen and oxygen atoms in total. The molecule has 0 saturated carbocycles. The zero-order valence-electron chi connectivity index (χ0n) is 9.35. The number of hydrogen-bond acceptors (Lipinski definition) is 4. The lowest BCUT2D eigenvalue weighted by Crippen LogP contribution is -2.55. The van der Waals surface area contributed by atoms with Gasteiger partial charge in [-0.25, -0.2) is 9.78 Å². The molecule has 1 unspecified atom stereocenters. The molecule has 17 heavy (non-hydrogen) atoms. The summed E-state index contributed by atoms with van der Waals surface area (Å²) in [5.41, 5.74) is 5.05. The van der Waals surface area contributed by atoms with E-state index in [9.17, 15) is 4.79 Å². The van der Waals surface area contributed by atoms with Crippen LogP contribution >= 0.6 is 0 Å². The van der Waals surface area contributed by atoms with Gasteiger partial charge in [-0.15, -0.1) is 0 Å². The third kappa shape index (κ3) is 1.61. The lowest BCUT2D eigenvalue weighted by molar-refractivity contribution is 0.0873. The number of anilines is 1. The van der Waals surface area contributed by atoms with E-state index in [-0.39, 0.29) is 5.60 Å². The molecule has 0 bridgehead atoms. The van der Waals surface area contributed by atoms with Crippen LogP contribution in [0.25, 0.3) is 0 Å². The Hall–Kier alpha value is -1.82. The van der Waals surface area contributed by atoms with Gasteiger partial charge >= 0.3 is 6.03 Å². The molecule has 0 aliphatic carbocycles. The monoisotopic (exact) mass is 234 g/mol. The molecule has 0 radical (unpaired) electrons. The Morgan fingerprint density at radius 2 is 2.53 bits per heavy atom. The van der Waals surface area contributed by atoms with Gasteiger partial charge in [0.2, 0.25) is 0 Å². The van der Waals surface area contributed by atoms with E-state index in [1.807, 2.05) is 6.07 Å². The minimum absolute atomic E-state index is 0.356. The molecule has 1 saturated heterocycles. The highest BCUT2D eigenvalue weighted by molar-refractivity contribution is 5.91. The first-order valence-electron chi connectivity index (χ1n) is 5.62. The Kier molecular flexibility index (Phi) is 2.19. The van der Waals surface area contributed by atoms with Crippen molar-refractivity contribution in [2.24, 2.45) is 5.73 Å². The Morgan fingerprint density at radius 1 is 1.65 bits per heavy atom. The van der Waals surface area contributed by atoms with Gasteiger partial charge in [-0.05, 0) is 18.7 Å². The summed E-state index contributed by atoms with van der Waals surface area (Å²) < 4.78 is 5.99. The van der Waals surface area contributed by atoms with E-state index < -0.39 is 6.03 Å². The van der Waals surface area contributed by atoms with Crippen LogP contribution in [0.2, 0.25) is 0 Å². The van der Waals surface area contributed by atoms with Crippen LogP contribution in [0.1, 0.15) is 6.42 Å². The van der Waals surface area contributed by atoms with Crippen molar-refractivity contribution in [3.8, 4) is 5.75 Å². The standard InChI is InChI=1S/C11H14N4O2/c12-10(16)15-7-11(3-5-13-6-11)17-8-2-1-4-14-9(8)15/h1-2,4,13H,3,5-7H2,(H2,12,16). The lowest BCUT2D eigenvalue weighted by Gasteiger charge is -2.39. The SMILES string of the molecule is NC(=O)N1CC2(CCNC2)Oc2cccnc21. The fourth-order valence-corrected chi connectivity index (χ4v) is 2.42. The number of fused-ring (bicyclic) bond motifs is 1. The Labute approximate surface area is 98.8 Å². The van der Waals surface area contributed by atoms with Crippen molar-refractivity contribution < 1.29 is 9.53 Å². The summed E-state index contributed by atoms with van der Waals surface area (Å²) >= 11 is 0. The Morgan fingerprint density at radius 3 is 3.24 bits per heavy atom. The van der Waals surface area contributed by atoms with Crippen LogP contribution in [0.3, 0.4) is 0 Å². The van der Waals surface area contributed by atoms with E-state index in [4.69, 9.17) is 10.5 Å². The zero-order valence-corrected chi connectivity index (χ0v) is 9.35. The number of nitrogens with two attached hydrogens (primary N) is 1. The van der Waals surface area contributed by atoms with Crippen LogP contribution in [0.5, 0.6) is 5.75 Å². The number of nitrogens with one attached hydrogen (secondary N) is 1. The van der Waals surface area contributed by atoms with Gasteiger partial charge in [-0.2, -0.15) is 0 Å². The number of amides is 2. The number of rotatable bonds is 0. The molecule has 1 fully saturated rings. The third-order valence-corrected chi connectivity index (χ3v) is 3.25. The molecule has 0 aromatic carbocycles. The lowest BCUT2D eigenvalue weighted by atomic mass is 10.0. The smallest absolute Gasteiger partial charge is 0.320 e. The highest BCUT2D eigenvalue weighted by Crippen LogP contribution is 2.37. The minimum Gasteiger partial charge on any atom is -0.480 e. The predicted octanol–water partition coefficient (Wildman–Crippen LogP) is 0.0912. The van der Waals surface area contributed by atoms with Gasteiger partial charge in [0.25, 0.3) is 0 Å². The molecule has 3 N–H and O–H groups in total. The topological polar surface area (TPSA) is 80.5 Å². The average Bonchev–Trinajstić information content (AvgIpc) is 2.76. The van der Waals surface area contributed by atoms with Crippen LogP contribution in [-0.4, -0.2) is 36.3 Å². The second kappa shape index (κ2) is 3.59. The predicted molar refractivity (Wildman–Crippen MR) is 62.0 cm³/mol. The fraction of sp³-hybridized carbons (Fsp3) is 0.455. The molecule has 2 aliphatic heterocycles. The number of ether oxygens (including phenoxy) is 1. The van der Waals surface area contributed by atoms with E-state index in [0.717, 1.165) is 19.5 Å². The summed E-state index contributed by atoms with van der Waals surface area (Å²) in [4.78, 5) is 17.1. The van der Waals surface area contributed by atoms with Crippen LogP contribution in [0, 0.1) is 0 Å². The largest absolute Gasteiger partial charge is 0.480 e. The van der Waals surface area contributed by atoms with E-state index in [0.29, 0.717) is 18.1 Å². The summed E-state index contributed by atoms with van der Waals surface area (Å²) in [6.45, 7) is 2.08. The first-order chi connectivity index (χ1) is 8.20. The second-order valence-electron chi connectivity index (χ2n) is 4.46. The van der Waals surface area contributed by atoms with Crippen molar-refractivity contribution in [3.63, 3.8) is 0 Å². The number of nitrogens with zero attached hydrogens (tertiary/aromatic N) is 2. The van der Waals surface area contributed by atoms with Crippen molar-refractivity contribution in [2.75, 3.05) is 24.5 Å². The first kappa shape index (κ1) is 10.3. The third-order valence-electron chi connectivity index (χ3n) is 3.25. The van der Waals surface area contributed by atoms with Gasteiger partial charge in [-0.3, -0.25) is 4.90 Å². The van der Waals surface area contributed by atoms with Crippen molar-refractivity contribution in [1.29, 1.82) is 0 Å². The number of primary amides is 1. The Bertz CT molecular complexity index is 457. The van der Waals surface area contributed by atoms with E-state index in [2.05, 4.69) is 10.3 Å². The van der Waals surface area contributed by atoms with Gasteiger partial charge in [0.05, 0.1) is 6.54 Å². The number of carbonyl (C=O) groups excluding carboxylic acids is 1. The number of urea groups is 1. The first-order valence-corrected chi connectivity index (χ1v) is 5.62. The van der Waals surface area contributed by atoms with E-state index in [1.165, 1.54) is 4.90 Å². The zero-order chi connectivity index (χ0) is 11.9. The van der Waals surface area contributed by atoms with Crippen LogP contribution in [0.4, 0.5) is 10.6 Å². The van der Waals surface area contributed by atoms with Gasteiger partial charge in [-0.1, -0.05) is 0 Å². The molecule has 2 aliphatic rings. The maximum atomic E-state index is 11.5. The molecular weight excluding hydrogens is 220 g/mol. The van der Waals surface area contributed by atoms with Crippen molar-refractivity contribution >= 4 is 11.8 Å². The maximum Gasteiger partial charge on any atom is 0.320 e. The van der Waals surface area contributed by atoms with Crippen LogP contribution in [0.15, 0.2) is 18.3 Å². The molecule has 90 valence electrons. The van der Waals surface area contributed by atoms with Crippen molar-refractivity contribution in [1.82, 2.24) is 10.3 Å². The summed E-state index contributed by atoms with van der Waals surface area (Å²) in [6, 6.07) is 3.12. The van der Waals surface area contributed by atoms with Crippen molar-refractivity contribution in [3.05, 3.63) is 18.3 Å². The number of aromatic nitrogens is 1. The molecule has 3 rings (SSSR count). The van der Waals surface area contributed by atoms with Gasteiger partial charge in [0.15, 0.2) is 11.6 Å². The number of pyridine rings is 1. The quantitative estimate of drug-likeness (QED) is 0.666. The summed E-state index contributed by atoms with van der Waals surface area (Å²) in [7, 11) is 0. The fourth-order valence-electron chi connectivity index (χ4n) is 2.42. The normalized spacial score (nSPS) is 26.7. The maximum absolute atomic E-state index is 11.5. The van der Waals surface area contributed by atoms with E-state index in [1.54, 1.807) is 12.3 Å². The number of carbonyl (C=O) groups is 1. The molecule has 3 heterocycles. The van der Waals surface area contributed by atoms with Crippen LogP contribution in [-0.2, 0) is 0 Å². The average molecular weight is 234 g/mol. The van der Waals surface area contributed by atoms with Crippen molar-refractivity contribution in [2.45, 2.75) is 12.0 Å². The molecule has 1 aromatic rings. The van der Waals surface area contributed by atoms with Gasteiger partial charge in [0, 0.05) is 19.2 Å². The summed E-state index contributed by atoms with van der Waals surface area (Å²) in [6.07, 6.45) is 2.49. The van der Waals surface area contributed by atoms with Crippen LogP contribution < -0.4 is 20.7 Å². The molecule has 1 atom stereocenters. The number of hydrogen-bond donors (Lipinski definition) is 2. The highest BCUT2D eigenvalue weighted by Gasteiger charge is 2.44. The summed E-state index contributed by atoms with van der Waals surface area (Å²) in [5.74, 6) is 1.14. The molecule has 2 amide bonds. The Balaban J connectivity index is 2.03. The minimum atomic E-state index is -0.487. The summed E-state index contributed by atoms with van der Waals surface area (Å²) in [5, 5.41) is 3.25. The molecule has 1 spiro atoms. The second-order valence-corrected chi connectivity index (χ2v) is 4.46. The highest BCUT2D eigenvalue weighted by atomic mass is 16.5. The van der Waals surface area contributed by atoms with E-state index >= 15 is 0 Å². The van der Waals surface area contributed by atoms with Gasteiger partial charge in [0.1, 0.15) is 5.60 Å². The van der Waals surface area contributed by atoms with Gasteiger partial charge < -0.3 is 15.8 Å². The molecule has 6 heteroatoms. The molecule has 1 aromatic heterocycles. The molecular formula is C11H14N4O2.